The highest BCUT2D eigenvalue weighted by molar-refractivity contribution is 6.16. The van der Waals surface area contributed by atoms with Gasteiger partial charge in [-0.2, -0.15) is 0 Å². The Bertz CT molecular complexity index is 1020. The summed E-state index contributed by atoms with van der Waals surface area (Å²) in [4.78, 5) is 0. The van der Waals surface area contributed by atoms with E-state index in [1.165, 1.54) is 38.9 Å². The van der Waals surface area contributed by atoms with Gasteiger partial charge in [-0.3, -0.25) is 5.41 Å². The number of methoxy groups -OCH3 is 1. The SMILES string of the molecule is COc1cccc(C2c3c(C)ccc(C)c3C(=N)c3c(C)ccc(C)c32)c1. The van der Waals surface area contributed by atoms with Crippen LogP contribution in [0.5, 0.6) is 5.75 Å². The molecule has 3 aromatic rings. The van der Waals surface area contributed by atoms with Crippen molar-refractivity contribution in [2.45, 2.75) is 33.6 Å². The first-order valence-corrected chi connectivity index (χ1v) is 9.37. The van der Waals surface area contributed by atoms with Gasteiger partial charge in [0, 0.05) is 17.0 Å². The molecule has 4 rings (SSSR count). The molecule has 2 heteroatoms. The van der Waals surface area contributed by atoms with E-state index in [1.807, 2.05) is 6.07 Å². The van der Waals surface area contributed by atoms with Gasteiger partial charge in [0.15, 0.2) is 0 Å². The molecule has 3 aromatic carbocycles. The average molecular weight is 355 g/mol. The first-order chi connectivity index (χ1) is 12.9. The Kier molecular flexibility index (Phi) is 4.15. The molecule has 0 aromatic heterocycles. The molecule has 0 radical (unpaired) electrons. The lowest BCUT2D eigenvalue weighted by molar-refractivity contribution is 0.414. The maximum Gasteiger partial charge on any atom is 0.119 e. The Labute approximate surface area is 161 Å². The number of rotatable bonds is 2. The van der Waals surface area contributed by atoms with Gasteiger partial charge in [0.25, 0.3) is 0 Å². The van der Waals surface area contributed by atoms with Crippen LogP contribution in [-0.2, 0) is 0 Å². The first kappa shape index (κ1) is 17.5. The maximum absolute atomic E-state index is 9.03. The van der Waals surface area contributed by atoms with Crippen LogP contribution >= 0.6 is 0 Å². The van der Waals surface area contributed by atoms with Crippen LogP contribution in [0.1, 0.15) is 56.0 Å². The van der Waals surface area contributed by atoms with Crippen molar-refractivity contribution in [3.8, 4) is 5.75 Å². The highest BCUT2D eigenvalue weighted by atomic mass is 16.5. The van der Waals surface area contributed by atoms with E-state index in [-0.39, 0.29) is 5.92 Å². The number of benzene rings is 3. The summed E-state index contributed by atoms with van der Waals surface area (Å²) in [6.07, 6.45) is 0. The van der Waals surface area contributed by atoms with Crippen molar-refractivity contribution >= 4 is 5.71 Å². The highest BCUT2D eigenvalue weighted by Gasteiger charge is 2.34. The summed E-state index contributed by atoms with van der Waals surface area (Å²) in [6, 6.07) is 17.0. The van der Waals surface area contributed by atoms with Crippen molar-refractivity contribution < 1.29 is 4.74 Å². The van der Waals surface area contributed by atoms with Gasteiger partial charge < -0.3 is 4.74 Å². The molecule has 0 unspecified atom stereocenters. The molecular weight excluding hydrogens is 330 g/mol. The molecule has 1 aliphatic rings. The van der Waals surface area contributed by atoms with Crippen LogP contribution in [0.3, 0.4) is 0 Å². The molecule has 2 nitrogen and oxygen atoms in total. The zero-order valence-corrected chi connectivity index (χ0v) is 16.6. The first-order valence-electron chi connectivity index (χ1n) is 9.37. The van der Waals surface area contributed by atoms with E-state index < -0.39 is 0 Å². The largest absolute Gasteiger partial charge is 0.497 e. The molecule has 0 heterocycles. The van der Waals surface area contributed by atoms with Crippen LogP contribution in [0.4, 0.5) is 0 Å². The zero-order valence-electron chi connectivity index (χ0n) is 16.6. The Balaban J connectivity index is 2.13. The molecule has 0 fully saturated rings. The third kappa shape index (κ3) is 2.59. The minimum absolute atomic E-state index is 0.110. The van der Waals surface area contributed by atoms with Crippen molar-refractivity contribution in [1.29, 1.82) is 5.41 Å². The molecule has 27 heavy (non-hydrogen) atoms. The smallest absolute Gasteiger partial charge is 0.119 e. The molecule has 0 spiro atoms. The summed E-state index contributed by atoms with van der Waals surface area (Å²) in [5, 5.41) is 9.03. The molecular formula is C25H25NO. The quantitative estimate of drug-likeness (QED) is 0.481. The predicted molar refractivity (Wildman–Crippen MR) is 112 cm³/mol. The number of aryl methyl sites for hydroxylation is 4. The second-order valence-corrected chi connectivity index (χ2v) is 7.56. The maximum atomic E-state index is 9.03. The van der Waals surface area contributed by atoms with Crippen LogP contribution in [0.15, 0.2) is 48.5 Å². The van der Waals surface area contributed by atoms with Gasteiger partial charge in [-0.15, -0.1) is 0 Å². The van der Waals surface area contributed by atoms with Crippen molar-refractivity contribution in [3.63, 3.8) is 0 Å². The number of nitrogens with one attached hydrogen (secondary N) is 1. The fraction of sp³-hybridized carbons (Fsp3) is 0.240. The van der Waals surface area contributed by atoms with Gasteiger partial charge >= 0.3 is 0 Å². The van der Waals surface area contributed by atoms with Gasteiger partial charge in [-0.1, -0.05) is 36.4 Å². The average Bonchev–Trinajstić information content (AvgIpc) is 2.67. The normalized spacial score (nSPS) is 15.3. The summed E-state index contributed by atoms with van der Waals surface area (Å²) in [6.45, 7) is 8.56. The summed E-state index contributed by atoms with van der Waals surface area (Å²) in [5.41, 5.74) is 11.4. The Morgan fingerprint density at radius 3 is 1.78 bits per heavy atom. The lowest BCUT2D eigenvalue weighted by Gasteiger charge is -2.34. The van der Waals surface area contributed by atoms with Gasteiger partial charge in [-0.25, -0.2) is 0 Å². The molecule has 0 saturated heterocycles. The molecule has 0 aliphatic heterocycles. The molecule has 0 bridgehead atoms. The van der Waals surface area contributed by atoms with E-state index in [0.717, 1.165) is 16.9 Å². The van der Waals surface area contributed by atoms with Crippen molar-refractivity contribution in [1.82, 2.24) is 0 Å². The third-order valence-corrected chi connectivity index (χ3v) is 5.85. The van der Waals surface area contributed by atoms with Gasteiger partial charge in [0.05, 0.1) is 12.8 Å². The Morgan fingerprint density at radius 2 is 1.26 bits per heavy atom. The summed E-state index contributed by atoms with van der Waals surface area (Å²) in [5.74, 6) is 0.978. The second-order valence-electron chi connectivity index (χ2n) is 7.56. The van der Waals surface area contributed by atoms with E-state index in [0.29, 0.717) is 5.71 Å². The number of hydrogen-bond donors (Lipinski definition) is 1. The fourth-order valence-electron chi connectivity index (χ4n) is 4.50. The summed E-state index contributed by atoms with van der Waals surface area (Å²) >= 11 is 0. The summed E-state index contributed by atoms with van der Waals surface area (Å²) in [7, 11) is 1.71. The molecule has 0 amide bonds. The van der Waals surface area contributed by atoms with Crippen LogP contribution in [-0.4, -0.2) is 12.8 Å². The van der Waals surface area contributed by atoms with Crippen molar-refractivity contribution in [2.75, 3.05) is 7.11 Å². The third-order valence-electron chi connectivity index (χ3n) is 5.85. The lowest BCUT2D eigenvalue weighted by atomic mass is 9.69. The Morgan fingerprint density at radius 1 is 0.741 bits per heavy atom. The molecule has 1 aliphatic carbocycles. The second kappa shape index (κ2) is 6.38. The molecule has 0 saturated carbocycles. The molecule has 136 valence electrons. The molecule has 1 N–H and O–H groups in total. The van der Waals surface area contributed by atoms with Crippen LogP contribution in [0, 0.1) is 33.1 Å². The van der Waals surface area contributed by atoms with E-state index in [2.05, 4.69) is 70.2 Å². The monoisotopic (exact) mass is 355 g/mol. The van der Waals surface area contributed by atoms with Crippen LogP contribution in [0.25, 0.3) is 0 Å². The van der Waals surface area contributed by atoms with Crippen LogP contribution < -0.4 is 4.74 Å². The van der Waals surface area contributed by atoms with E-state index >= 15 is 0 Å². The molecule has 0 atom stereocenters. The van der Waals surface area contributed by atoms with Gasteiger partial charge in [0.1, 0.15) is 5.75 Å². The van der Waals surface area contributed by atoms with Crippen molar-refractivity contribution in [2.24, 2.45) is 0 Å². The topological polar surface area (TPSA) is 33.1 Å². The lowest BCUT2D eigenvalue weighted by Crippen LogP contribution is -2.24. The number of hydrogen-bond acceptors (Lipinski definition) is 2. The fourth-order valence-corrected chi connectivity index (χ4v) is 4.50. The van der Waals surface area contributed by atoms with Gasteiger partial charge in [-0.05, 0) is 78.8 Å². The summed E-state index contributed by atoms with van der Waals surface area (Å²) < 4.78 is 5.51. The number of fused-ring (bicyclic) bond motifs is 2. The highest BCUT2D eigenvalue weighted by Crippen LogP contribution is 2.46. The van der Waals surface area contributed by atoms with E-state index in [4.69, 9.17) is 10.1 Å². The zero-order chi connectivity index (χ0) is 19.3. The van der Waals surface area contributed by atoms with E-state index in [9.17, 15) is 0 Å². The minimum Gasteiger partial charge on any atom is -0.497 e. The van der Waals surface area contributed by atoms with Gasteiger partial charge in [0.2, 0.25) is 0 Å². The van der Waals surface area contributed by atoms with E-state index in [1.54, 1.807) is 7.11 Å². The Hall–Kier alpha value is -2.87. The van der Waals surface area contributed by atoms with Crippen molar-refractivity contribution in [3.05, 3.63) is 98.6 Å². The number of ether oxygens (including phenoxy) is 1. The predicted octanol–water partition coefficient (Wildman–Crippen LogP) is 5.84. The minimum atomic E-state index is 0.110. The standard InChI is InChI=1S/C25H25NO/c1-14-9-11-16(3)22-20(14)24(18-7-6-8-19(13-18)27-5)21-15(2)10-12-17(4)23(21)25(22)26/h6-13,24,26H,1-5H3. The van der Waals surface area contributed by atoms with Crippen LogP contribution in [0.2, 0.25) is 0 Å².